The lowest BCUT2D eigenvalue weighted by Gasteiger charge is -2.23. The Labute approximate surface area is 129 Å². The molecule has 0 aromatic heterocycles. The number of thioether (sulfide) groups is 2. The average Bonchev–Trinajstić information content (AvgIpc) is 2.46. The molecule has 0 saturated carbocycles. The van der Waals surface area contributed by atoms with Crippen molar-refractivity contribution in [3.8, 4) is 0 Å². The molecule has 0 radical (unpaired) electrons. The summed E-state index contributed by atoms with van der Waals surface area (Å²) in [4.78, 5) is 11.4. The van der Waals surface area contributed by atoms with Crippen molar-refractivity contribution in [3.05, 3.63) is 24.0 Å². The summed E-state index contributed by atoms with van der Waals surface area (Å²) >= 11 is 3.54. The summed E-state index contributed by atoms with van der Waals surface area (Å²) in [7, 11) is 0. The molecule has 1 N–H and O–H groups in total. The molecule has 20 heavy (non-hydrogen) atoms. The van der Waals surface area contributed by atoms with Crippen molar-refractivity contribution in [1.82, 2.24) is 0 Å². The first-order chi connectivity index (χ1) is 9.67. The van der Waals surface area contributed by atoms with Gasteiger partial charge in [-0.3, -0.25) is 0 Å². The number of hydrogen-bond donors (Lipinski definition) is 1. The van der Waals surface area contributed by atoms with Crippen LogP contribution in [0.4, 0.5) is 0 Å². The van der Waals surface area contributed by atoms with E-state index in [1.807, 2.05) is 6.92 Å². The highest BCUT2D eigenvalue weighted by Crippen LogP contribution is 2.33. The number of carbonyl (C=O) groups excluding carboxylic acids is 1. The van der Waals surface area contributed by atoms with Crippen molar-refractivity contribution in [1.29, 1.82) is 0 Å². The number of hydrogen-bond acceptors (Lipinski definition) is 6. The number of ether oxygens (including phenoxy) is 2. The maximum Gasteiger partial charge on any atom is 0.334 e. The van der Waals surface area contributed by atoms with Gasteiger partial charge >= 0.3 is 5.97 Å². The minimum Gasteiger partial charge on any atom is -0.494 e. The summed E-state index contributed by atoms with van der Waals surface area (Å²) in [5.74, 6) is 2.14. The topological polar surface area (TPSA) is 55.8 Å². The Morgan fingerprint density at radius 3 is 2.55 bits per heavy atom. The monoisotopic (exact) mass is 318 g/mol. The molecule has 0 amide bonds. The van der Waals surface area contributed by atoms with Crippen LogP contribution in [0.25, 0.3) is 0 Å². The highest BCUT2D eigenvalue weighted by atomic mass is 32.2. The molecule has 1 saturated heterocycles. The second kappa shape index (κ2) is 10.2. The molecular weight excluding hydrogens is 296 g/mol. The van der Waals surface area contributed by atoms with Crippen LogP contribution in [-0.4, -0.2) is 46.5 Å². The minimum atomic E-state index is -0.545. The number of aliphatic hydroxyl groups excluding tert-OH is 1. The third-order valence-corrected chi connectivity index (χ3v) is 5.53. The van der Waals surface area contributed by atoms with Gasteiger partial charge in [0.2, 0.25) is 0 Å². The zero-order valence-corrected chi connectivity index (χ0v) is 13.5. The first-order valence-electron chi connectivity index (χ1n) is 6.78. The highest BCUT2D eigenvalue weighted by Gasteiger charge is 2.20. The summed E-state index contributed by atoms with van der Waals surface area (Å²) in [6, 6.07) is 0. The molecular formula is C14H22O4S2. The van der Waals surface area contributed by atoms with Crippen molar-refractivity contribution in [2.45, 2.75) is 31.0 Å². The number of allylic oxidation sites excluding steroid dienone is 1. The predicted octanol–water partition coefficient (Wildman–Crippen LogP) is 2.58. The van der Waals surface area contributed by atoms with E-state index in [4.69, 9.17) is 9.47 Å². The van der Waals surface area contributed by atoms with Gasteiger partial charge < -0.3 is 14.6 Å². The Morgan fingerprint density at radius 2 is 1.95 bits per heavy atom. The van der Waals surface area contributed by atoms with Crippen molar-refractivity contribution >= 4 is 29.5 Å². The van der Waals surface area contributed by atoms with E-state index in [1.165, 1.54) is 12.5 Å². The fraction of sp³-hybridized carbons (Fsp3) is 0.643. The molecule has 1 heterocycles. The van der Waals surface area contributed by atoms with Crippen LogP contribution in [0, 0.1) is 0 Å². The number of esters is 1. The molecule has 1 unspecified atom stereocenters. The van der Waals surface area contributed by atoms with Gasteiger partial charge in [0.15, 0.2) is 0 Å². The summed E-state index contributed by atoms with van der Waals surface area (Å²) < 4.78 is 10.3. The highest BCUT2D eigenvalue weighted by molar-refractivity contribution is 8.17. The Balaban J connectivity index is 2.58. The maximum atomic E-state index is 11.4. The standard InChI is InChI=1S/C14H22O4S2/c1-3-17-11(10-13(16)18-4-2)6-7-12(15)14-19-8-5-9-20-14/h6-7,10,12,14-15H,3-5,8-9H2,1-2H3/b7-6+,11-10+. The van der Waals surface area contributed by atoms with Gasteiger partial charge in [0.05, 0.1) is 30.0 Å². The van der Waals surface area contributed by atoms with Crippen LogP contribution in [0.3, 0.4) is 0 Å². The Kier molecular flexibility index (Phi) is 8.89. The van der Waals surface area contributed by atoms with E-state index < -0.39 is 12.1 Å². The van der Waals surface area contributed by atoms with Gasteiger partial charge in [-0.1, -0.05) is 6.08 Å². The lowest BCUT2D eigenvalue weighted by atomic mass is 10.3. The molecule has 0 aromatic carbocycles. The molecule has 1 aliphatic rings. The smallest absolute Gasteiger partial charge is 0.334 e. The molecule has 6 heteroatoms. The van der Waals surface area contributed by atoms with Crippen LogP contribution in [-0.2, 0) is 14.3 Å². The lowest BCUT2D eigenvalue weighted by molar-refractivity contribution is -0.137. The van der Waals surface area contributed by atoms with E-state index in [0.29, 0.717) is 19.0 Å². The van der Waals surface area contributed by atoms with Crippen LogP contribution < -0.4 is 0 Å². The van der Waals surface area contributed by atoms with Crippen LogP contribution in [0.5, 0.6) is 0 Å². The van der Waals surface area contributed by atoms with Crippen molar-refractivity contribution in [3.63, 3.8) is 0 Å². The fourth-order valence-electron chi connectivity index (χ4n) is 1.59. The van der Waals surface area contributed by atoms with Gasteiger partial charge in [-0.25, -0.2) is 4.79 Å². The van der Waals surface area contributed by atoms with Crippen LogP contribution in [0.2, 0.25) is 0 Å². The van der Waals surface area contributed by atoms with Crippen molar-refractivity contribution < 1.29 is 19.4 Å². The third kappa shape index (κ3) is 6.72. The van der Waals surface area contributed by atoms with Gasteiger partial charge in [-0.2, -0.15) is 0 Å². The molecule has 4 nitrogen and oxygen atoms in total. The first kappa shape index (κ1) is 17.5. The lowest BCUT2D eigenvalue weighted by Crippen LogP contribution is -2.21. The third-order valence-electron chi connectivity index (χ3n) is 2.45. The van der Waals surface area contributed by atoms with E-state index in [0.717, 1.165) is 11.5 Å². The summed E-state index contributed by atoms with van der Waals surface area (Å²) in [5.41, 5.74) is 0. The Bertz CT molecular complexity index is 349. The SMILES string of the molecule is CCOC(=O)/C=C(\C=C\C(O)C1SCCCS1)OCC. The van der Waals surface area contributed by atoms with E-state index in [-0.39, 0.29) is 4.58 Å². The normalized spacial score (nSPS) is 19.1. The fourth-order valence-corrected chi connectivity index (χ4v) is 4.40. The van der Waals surface area contributed by atoms with Gasteiger partial charge in [0.1, 0.15) is 5.76 Å². The Hall–Kier alpha value is -0.590. The zero-order valence-electron chi connectivity index (χ0n) is 11.9. The maximum absolute atomic E-state index is 11.4. The molecule has 0 bridgehead atoms. The molecule has 0 aromatic rings. The molecule has 1 aliphatic heterocycles. The van der Waals surface area contributed by atoms with E-state index in [9.17, 15) is 9.90 Å². The minimum absolute atomic E-state index is 0.158. The summed E-state index contributed by atoms with van der Waals surface area (Å²) in [6.07, 6.45) is 5.26. The quantitative estimate of drug-likeness (QED) is 0.337. The largest absolute Gasteiger partial charge is 0.494 e. The first-order valence-corrected chi connectivity index (χ1v) is 8.87. The molecule has 114 valence electrons. The van der Waals surface area contributed by atoms with Crippen LogP contribution in [0.15, 0.2) is 24.0 Å². The predicted molar refractivity (Wildman–Crippen MR) is 84.8 cm³/mol. The van der Waals surface area contributed by atoms with E-state index in [2.05, 4.69) is 0 Å². The summed E-state index contributed by atoms with van der Waals surface area (Å²) in [5, 5.41) is 10.1. The van der Waals surface area contributed by atoms with E-state index in [1.54, 1.807) is 42.6 Å². The zero-order chi connectivity index (χ0) is 14.8. The molecule has 0 aliphatic carbocycles. The van der Waals surface area contributed by atoms with Gasteiger partial charge in [-0.05, 0) is 37.9 Å². The molecule has 1 fully saturated rings. The van der Waals surface area contributed by atoms with Crippen LogP contribution >= 0.6 is 23.5 Å². The van der Waals surface area contributed by atoms with Gasteiger partial charge in [0.25, 0.3) is 0 Å². The van der Waals surface area contributed by atoms with E-state index >= 15 is 0 Å². The second-order valence-corrected chi connectivity index (χ2v) is 6.84. The number of rotatable bonds is 7. The summed E-state index contributed by atoms with van der Waals surface area (Å²) in [6.45, 7) is 4.38. The van der Waals surface area contributed by atoms with Crippen LogP contribution in [0.1, 0.15) is 20.3 Å². The molecule has 1 atom stereocenters. The Morgan fingerprint density at radius 1 is 1.30 bits per heavy atom. The van der Waals surface area contributed by atoms with Crippen molar-refractivity contribution in [2.24, 2.45) is 0 Å². The van der Waals surface area contributed by atoms with Gasteiger partial charge in [0, 0.05) is 0 Å². The number of carbonyl (C=O) groups is 1. The molecule has 1 rings (SSSR count). The average molecular weight is 318 g/mol. The van der Waals surface area contributed by atoms with Crippen molar-refractivity contribution in [2.75, 3.05) is 24.7 Å². The van der Waals surface area contributed by atoms with Gasteiger partial charge in [-0.15, -0.1) is 23.5 Å². The molecule has 0 spiro atoms. The second-order valence-electron chi connectivity index (χ2n) is 4.05. The number of aliphatic hydroxyl groups is 1.